The van der Waals surface area contributed by atoms with Gasteiger partial charge in [-0.25, -0.2) is 0 Å². The highest BCUT2D eigenvalue weighted by atomic mass is 79.9. The highest BCUT2D eigenvalue weighted by Crippen LogP contribution is 2.47. The summed E-state index contributed by atoms with van der Waals surface area (Å²) in [5.41, 5.74) is 1.21. The third kappa shape index (κ3) is 2.90. The fraction of sp³-hybridized carbons (Fsp3) is 0.357. The van der Waals surface area contributed by atoms with Crippen molar-refractivity contribution in [3.05, 3.63) is 46.0 Å². The molecule has 0 aliphatic heterocycles. The lowest BCUT2D eigenvalue weighted by Crippen LogP contribution is -2.25. The van der Waals surface area contributed by atoms with Gasteiger partial charge in [-0.2, -0.15) is 4.98 Å². The minimum Gasteiger partial charge on any atom is -0.348 e. The smallest absolute Gasteiger partial charge is 0.224 e. The molecular weight excluding hydrogens is 322 g/mol. The van der Waals surface area contributed by atoms with Crippen molar-refractivity contribution in [1.29, 1.82) is 0 Å². The monoisotopic (exact) mass is 335 g/mol. The number of hydrogen-bond donors (Lipinski definition) is 1. The number of nitrogens with zero attached hydrogens (tertiary/aromatic N) is 2. The average Bonchev–Trinajstić information content (AvgIpc) is 3.13. The average molecular weight is 336 g/mol. The number of hydrogen-bond acceptors (Lipinski definition) is 4. The molecule has 6 heteroatoms. The summed E-state index contributed by atoms with van der Waals surface area (Å²) in [5.74, 6) is 1.46. The Kier molecular flexibility index (Phi) is 3.56. The van der Waals surface area contributed by atoms with Crippen LogP contribution in [0.2, 0.25) is 0 Å². The Balaban J connectivity index is 1.53. The van der Waals surface area contributed by atoms with Crippen LogP contribution in [-0.4, -0.2) is 16.0 Å². The molecule has 0 saturated heterocycles. The highest BCUT2D eigenvalue weighted by molar-refractivity contribution is 9.10. The first-order valence-electron chi connectivity index (χ1n) is 6.46. The molecule has 0 spiro atoms. The zero-order valence-electron chi connectivity index (χ0n) is 11.0. The standard InChI is InChI=1S/C14H14BrN3O2/c1-8-17-13(18-20-8)7-16-14(19)12-6-11(12)9-2-4-10(15)5-3-9/h2-5,11-12H,6-7H2,1H3,(H,16,19)/t11-,12-/m0/s1. The van der Waals surface area contributed by atoms with Gasteiger partial charge in [0.15, 0.2) is 5.82 Å². The van der Waals surface area contributed by atoms with Gasteiger partial charge in [0.2, 0.25) is 11.8 Å². The van der Waals surface area contributed by atoms with E-state index in [9.17, 15) is 4.79 Å². The molecule has 1 aromatic carbocycles. The fourth-order valence-electron chi connectivity index (χ4n) is 2.27. The van der Waals surface area contributed by atoms with E-state index in [-0.39, 0.29) is 11.8 Å². The molecule has 1 N–H and O–H groups in total. The molecule has 20 heavy (non-hydrogen) atoms. The SMILES string of the molecule is Cc1nc(CNC(=O)[C@H]2C[C@H]2c2ccc(Br)cc2)no1. The lowest BCUT2D eigenvalue weighted by molar-refractivity contribution is -0.122. The molecule has 2 aromatic rings. The third-order valence-electron chi connectivity index (χ3n) is 3.42. The number of rotatable bonds is 4. The largest absolute Gasteiger partial charge is 0.348 e. The molecular formula is C14H14BrN3O2. The van der Waals surface area contributed by atoms with E-state index in [4.69, 9.17) is 4.52 Å². The van der Waals surface area contributed by atoms with Crippen molar-refractivity contribution in [2.45, 2.75) is 25.8 Å². The quantitative estimate of drug-likeness (QED) is 0.932. The summed E-state index contributed by atoms with van der Waals surface area (Å²) in [5, 5.41) is 6.60. The van der Waals surface area contributed by atoms with Crippen LogP contribution in [0.15, 0.2) is 33.3 Å². The van der Waals surface area contributed by atoms with Crippen LogP contribution in [0.5, 0.6) is 0 Å². The minimum absolute atomic E-state index is 0.0559. The van der Waals surface area contributed by atoms with E-state index in [0.717, 1.165) is 10.9 Å². The molecule has 1 saturated carbocycles. The van der Waals surface area contributed by atoms with Crippen molar-refractivity contribution in [2.75, 3.05) is 0 Å². The number of carbonyl (C=O) groups excluding carboxylic acids is 1. The number of nitrogens with one attached hydrogen (secondary N) is 1. The van der Waals surface area contributed by atoms with Crippen molar-refractivity contribution in [1.82, 2.24) is 15.5 Å². The van der Waals surface area contributed by atoms with Crippen molar-refractivity contribution < 1.29 is 9.32 Å². The van der Waals surface area contributed by atoms with Gasteiger partial charge in [0.1, 0.15) is 0 Å². The second-order valence-corrected chi connectivity index (χ2v) is 5.86. The second kappa shape index (κ2) is 5.36. The predicted octanol–water partition coefficient (Wildman–Crippen LogP) is 2.56. The van der Waals surface area contributed by atoms with Gasteiger partial charge >= 0.3 is 0 Å². The minimum atomic E-state index is 0.0559. The van der Waals surface area contributed by atoms with E-state index in [1.807, 2.05) is 12.1 Å². The van der Waals surface area contributed by atoms with Gasteiger partial charge in [-0.05, 0) is 30.0 Å². The molecule has 0 bridgehead atoms. The van der Waals surface area contributed by atoms with Gasteiger partial charge in [0.05, 0.1) is 6.54 Å². The number of aromatic nitrogens is 2. The first-order chi connectivity index (χ1) is 9.63. The van der Waals surface area contributed by atoms with E-state index in [0.29, 0.717) is 24.2 Å². The van der Waals surface area contributed by atoms with Gasteiger partial charge in [0, 0.05) is 17.3 Å². The summed E-state index contributed by atoms with van der Waals surface area (Å²) >= 11 is 3.41. The maximum Gasteiger partial charge on any atom is 0.224 e. The molecule has 5 nitrogen and oxygen atoms in total. The van der Waals surface area contributed by atoms with Gasteiger partial charge in [-0.15, -0.1) is 0 Å². The topological polar surface area (TPSA) is 68.0 Å². The Bertz CT molecular complexity index is 624. The summed E-state index contributed by atoms with van der Waals surface area (Å²) in [7, 11) is 0. The summed E-state index contributed by atoms with van der Waals surface area (Å²) in [6.07, 6.45) is 0.902. The molecule has 0 unspecified atom stereocenters. The van der Waals surface area contributed by atoms with Crippen LogP contribution in [0.4, 0.5) is 0 Å². The van der Waals surface area contributed by atoms with Gasteiger partial charge < -0.3 is 9.84 Å². The molecule has 3 rings (SSSR count). The Labute approximate surface area is 124 Å². The summed E-state index contributed by atoms with van der Waals surface area (Å²) in [6, 6.07) is 8.13. The van der Waals surface area contributed by atoms with Crippen LogP contribution < -0.4 is 5.32 Å². The van der Waals surface area contributed by atoms with Crippen molar-refractivity contribution in [3.63, 3.8) is 0 Å². The van der Waals surface area contributed by atoms with Gasteiger partial charge in [-0.1, -0.05) is 33.2 Å². The first kappa shape index (κ1) is 13.3. The normalized spacial score (nSPS) is 20.7. The number of halogens is 1. The van der Waals surface area contributed by atoms with Crippen molar-refractivity contribution in [2.24, 2.45) is 5.92 Å². The van der Waals surface area contributed by atoms with E-state index >= 15 is 0 Å². The fourth-order valence-corrected chi connectivity index (χ4v) is 2.54. The van der Waals surface area contributed by atoms with Crippen LogP contribution in [0.1, 0.15) is 29.6 Å². The van der Waals surface area contributed by atoms with E-state index in [1.54, 1.807) is 6.92 Å². The zero-order valence-corrected chi connectivity index (χ0v) is 12.6. The van der Waals surface area contributed by atoms with Crippen LogP contribution >= 0.6 is 15.9 Å². The van der Waals surface area contributed by atoms with E-state index in [1.165, 1.54) is 5.56 Å². The van der Waals surface area contributed by atoms with Crippen molar-refractivity contribution >= 4 is 21.8 Å². The molecule has 1 aliphatic rings. The lowest BCUT2D eigenvalue weighted by Gasteiger charge is -2.02. The van der Waals surface area contributed by atoms with Crippen LogP contribution in [0, 0.1) is 12.8 Å². The molecule has 1 heterocycles. The number of carbonyl (C=O) groups is 1. The number of aryl methyl sites for hydroxylation is 1. The Hall–Kier alpha value is -1.69. The van der Waals surface area contributed by atoms with Gasteiger partial charge in [-0.3, -0.25) is 4.79 Å². The molecule has 2 atom stereocenters. The number of benzene rings is 1. The number of amides is 1. The molecule has 1 fully saturated rings. The van der Waals surface area contributed by atoms with Crippen LogP contribution in [0.25, 0.3) is 0 Å². The Morgan fingerprint density at radius 3 is 2.85 bits per heavy atom. The van der Waals surface area contributed by atoms with E-state index < -0.39 is 0 Å². The van der Waals surface area contributed by atoms with Crippen LogP contribution in [-0.2, 0) is 11.3 Å². The molecule has 1 aromatic heterocycles. The molecule has 104 valence electrons. The zero-order chi connectivity index (χ0) is 14.1. The maximum atomic E-state index is 12.0. The summed E-state index contributed by atoms with van der Waals surface area (Å²) in [6.45, 7) is 2.04. The highest BCUT2D eigenvalue weighted by Gasteiger charge is 2.43. The van der Waals surface area contributed by atoms with E-state index in [2.05, 4.69) is 43.5 Å². The van der Waals surface area contributed by atoms with Crippen molar-refractivity contribution in [3.8, 4) is 0 Å². The lowest BCUT2D eigenvalue weighted by atomic mass is 10.1. The first-order valence-corrected chi connectivity index (χ1v) is 7.25. The summed E-state index contributed by atoms with van der Waals surface area (Å²) in [4.78, 5) is 16.1. The van der Waals surface area contributed by atoms with Gasteiger partial charge in [0.25, 0.3) is 0 Å². The Morgan fingerprint density at radius 1 is 1.45 bits per heavy atom. The predicted molar refractivity (Wildman–Crippen MR) is 75.9 cm³/mol. The van der Waals surface area contributed by atoms with Crippen LogP contribution in [0.3, 0.4) is 0 Å². The second-order valence-electron chi connectivity index (χ2n) is 4.95. The Morgan fingerprint density at radius 2 is 2.20 bits per heavy atom. The third-order valence-corrected chi connectivity index (χ3v) is 3.94. The molecule has 1 aliphatic carbocycles. The summed E-state index contributed by atoms with van der Waals surface area (Å²) < 4.78 is 5.91. The molecule has 0 radical (unpaired) electrons. The molecule has 1 amide bonds. The maximum absolute atomic E-state index is 12.0.